The molecule has 0 unspecified atom stereocenters. The molecule has 0 saturated heterocycles. The third-order valence-corrected chi connectivity index (χ3v) is 2.62. The molecule has 0 amide bonds. The molecule has 1 heterocycles. The molecule has 0 aliphatic heterocycles. The first-order valence-electron chi connectivity index (χ1n) is 5.26. The minimum Gasteiger partial charge on any atom is -0.289 e. The molecule has 2 rings (SSSR count). The van der Waals surface area contributed by atoms with Crippen LogP contribution in [0, 0.1) is 5.82 Å². The summed E-state index contributed by atoms with van der Waals surface area (Å²) in [4.78, 5) is 15.8. The van der Waals surface area contributed by atoms with E-state index in [9.17, 15) is 9.18 Å². The number of carbonyl (C=O) groups is 1. The van der Waals surface area contributed by atoms with E-state index in [0.717, 1.165) is 0 Å². The first-order valence-corrected chi connectivity index (χ1v) is 5.64. The van der Waals surface area contributed by atoms with Crippen LogP contribution < -0.4 is 0 Å². The Hall–Kier alpha value is -2.00. The Morgan fingerprint density at radius 3 is 2.72 bits per heavy atom. The summed E-state index contributed by atoms with van der Waals surface area (Å²) < 4.78 is 13.5. The number of halogens is 2. The number of rotatable bonds is 3. The molecule has 18 heavy (non-hydrogen) atoms. The van der Waals surface area contributed by atoms with Gasteiger partial charge in [-0.25, -0.2) is 4.39 Å². The van der Waals surface area contributed by atoms with Gasteiger partial charge in [0.2, 0.25) is 0 Å². The Kier molecular flexibility index (Phi) is 3.85. The molecular weight excluding hydrogens is 253 g/mol. The van der Waals surface area contributed by atoms with Gasteiger partial charge in [-0.1, -0.05) is 23.7 Å². The largest absolute Gasteiger partial charge is 0.289 e. The lowest BCUT2D eigenvalue weighted by atomic mass is 10.1. The van der Waals surface area contributed by atoms with Crippen LogP contribution in [0.2, 0.25) is 5.02 Å². The van der Waals surface area contributed by atoms with E-state index in [-0.39, 0.29) is 10.6 Å². The summed E-state index contributed by atoms with van der Waals surface area (Å²) in [5.74, 6) is -1.11. The Morgan fingerprint density at radius 2 is 2.06 bits per heavy atom. The van der Waals surface area contributed by atoms with E-state index in [4.69, 9.17) is 11.6 Å². The summed E-state index contributed by atoms with van der Waals surface area (Å²) in [5.41, 5.74) is 0.504. The molecule has 0 spiro atoms. The van der Waals surface area contributed by atoms with Gasteiger partial charge in [-0.05, 0) is 36.4 Å². The van der Waals surface area contributed by atoms with Gasteiger partial charge in [-0.2, -0.15) is 0 Å². The van der Waals surface area contributed by atoms with Crippen LogP contribution in [-0.2, 0) is 0 Å². The lowest BCUT2D eigenvalue weighted by Crippen LogP contribution is -1.99. The highest BCUT2D eigenvalue weighted by Gasteiger charge is 2.12. The zero-order valence-corrected chi connectivity index (χ0v) is 10.1. The summed E-state index contributed by atoms with van der Waals surface area (Å²) in [6, 6.07) is 9.45. The fraction of sp³-hybridized carbons (Fsp3) is 0. The zero-order chi connectivity index (χ0) is 13.0. The number of allylic oxidation sites excluding steroid dienone is 1. The van der Waals surface area contributed by atoms with Gasteiger partial charge in [0.25, 0.3) is 0 Å². The fourth-order valence-corrected chi connectivity index (χ4v) is 1.71. The number of pyridine rings is 1. The maximum Gasteiger partial charge on any atom is 0.190 e. The number of nitrogens with zero attached hydrogens (tertiary/aromatic N) is 1. The lowest BCUT2D eigenvalue weighted by molar-refractivity contribution is 0.104. The average molecular weight is 262 g/mol. The molecule has 0 radical (unpaired) electrons. The molecule has 0 aliphatic carbocycles. The van der Waals surface area contributed by atoms with Gasteiger partial charge in [-0.3, -0.25) is 9.78 Å². The third-order valence-electron chi connectivity index (χ3n) is 2.30. The van der Waals surface area contributed by atoms with Gasteiger partial charge in [0, 0.05) is 6.20 Å². The van der Waals surface area contributed by atoms with Gasteiger partial charge in [0.1, 0.15) is 5.82 Å². The number of aromatic nitrogens is 1. The zero-order valence-electron chi connectivity index (χ0n) is 9.31. The number of hydrogen-bond donors (Lipinski definition) is 0. The van der Waals surface area contributed by atoms with Crippen molar-refractivity contribution in [3.63, 3.8) is 0 Å². The van der Waals surface area contributed by atoms with Crippen molar-refractivity contribution in [2.45, 2.75) is 0 Å². The highest BCUT2D eigenvalue weighted by molar-refractivity contribution is 6.34. The van der Waals surface area contributed by atoms with Crippen LogP contribution in [0.1, 0.15) is 16.1 Å². The normalized spacial score (nSPS) is 10.8. The molecule has 2 aromatic rings. The van der Waals surface area contributed by atoms with Gasteiger partial charge < -0.3 is 0 Å². The van der Waals surface area contributed by atoms with E-state index in [2.05, 4.69) is 4.98 Å². The summed E-state index contributed by atoms with van der Waals surface area (Å²) >= 11 is 5.80. The maximum absolute atomic E-state index is 13.5. The Bertz CT molecular complexity index is 576. The van der Waals surface area contributed by atoms with E-state index in [1.54, 1.807) is 24.4 Å². The Labute approximate surface area is 109 Å². The van der Waals surface area contributed by atoms with E-state index in [1.165, 1.54) is 30.4 Å². The topological polar surface area (TPSA) is 30.0 Å². The van der Waals surface area contributed by atoms with Crippen molar-refractivity contribution in [2.24, 2.45) is 0 Å². The van der Waals surface area contributed by atoms with Crippen molar-refractivity contribution in [2.75, 3.05) is 0 Å². The van der Waals surface area contributed by atoms with E-state index in [1.807, 2.05) is 0 Å². The number of ketones is 1. The molecule has 1 aromatic heterocycles. The predicted octanol–water partition coefficient (Wildman–Crippen LogP) is 3.77. The lowest BCUT2D eigenvalue weighted by Gasteiger charge is -2.00. The van der Waals surface area contributed by atoms with Crippen molar-refractivity contribution in [3.8, 4) is 0 Å². The maximum atomic E-state index is 13.5. The van der Waals surface area contributed by atoms with Gasteiger partial charge in [0.15, 0.2) is 5.78 Å². The van der Waals surface area contributed by atoms with Crippen LogP contribution in [0.15, 0.2) is 48.7 Å². The monoisotopic (exact) mass is 261 g/mol. The van der Waals surface area contributed by atoms with Gasteiger partial charge in [-0.15, -0.1) is 0 Å². The second-order valence-electron chi connectivity index (χ2n) is 3.55. The van der Waals surface area contributed by atoms with Crippen molar-refractivity contribution in [1.29, 1.82) is 0 Å². The number of benzene rings is 1. The van der Waals surface area contributed by atoms with Crippen molar-refractivity contribution >= 4 is 23.5 Å². The Morgan fingerprint density at radius 1 is 1.22 bits per heavy atom. The summed E-state index contributed by atoms with van der Waals surface area (Å²) in [5, 5.41) is 0.102. The summed E-state index contributed by atoms with van der Waals surface area (Å²) in [7, 11) is 0. The first kappa shape index (κ1) is 12.5. The standard InChI is InChI=1S/C14H9ClFNO/c15-11-5-3-6-12(16)14(11)13(18)8-7-10-4-1-2-9-17-10/h1-9H/b8-7+. The van der Waals surface area contributed by atoms with Crippen LogP contribution in [0.4, 0.5) is 4.39 Å². The second-order valence-corrected chi connectivity index (χ2v) is 3.96. The van der Waals surface area contributed by atoms with E-state index in [0.29, 0.717) is 5.69 Å². The van der Waals surface area contributed by atoms with Crippen molar-refractivity contribution in [3.05, 3.63) is 70.8 Å². The molecule has 4 heteroatoms. The van der Waals surface area contributed by atoms with E-state index < -0.39 is 11.6 Å². The minimum absolute atomic E-state index is 0.102. The molecule has 2 nitrogen and oxygen atoms in total. The van der Waals surface area contributed by atoms with Crippen LogP contribution in [0.5, 0.6) is 0 Å². The average Bonchev–Trinajstić information content (AvgIpc) is 2.37. The fourth-order valence-electron chi connectivity index (χ4n) is 1.45. The molecule has 1 aromatic carbocycles. The van der Waals surface area contributed by atoms with Crippen molar-refractivity contribution in [1.82, 2.24) is 4.98 Å². The van der Waals surface area contributed by atoms with E-state index >= 15 is 0 Å². The number of hydrogen-bond acceptors (Lipinski definition) is 2. The summed E-state index contributed by atoms with van der Waals surface area (Å²) in [6.07, 6.45) is 4.39. The highest BCUT2D eigenvalue weighted by Crippen LogP contribution is 2.20. The van der Waals surface area contributed by atoms with Gasteiger partial charge >= 0.3 is 0 Å². The molecule has 90 valence electrons. The molecule has 0 fully saturated rings. The molecule has 0 saturated carbocycles. The SMILES string of the molecule is O=C(/C=C/c1ccccn1)c1c(F)cccc1Cl. The molecule has 0 atom stereocenters. The van der Waals surface area contributed by atoms with Gasteiger partial charge in [0.05, 0.1) is 16.3 Å². The second kappa shape index (κ2) is 5.56. The van der Waals surface area contributed by atoms with Crippen LogP contribution in [0.3, 0.4) is 0 Å². The first-order chi connectivity index (χ1) is 8.68. The quantitative estimate of drug-likeness (QED) is 0.622. The molecule has 0 bridgehead atoms. The highest BCUT2D eigenvalue weighted by atomic mass is 35.5. The summed E-state index contributed by atoms with van der Waals surface area (Å²) in [6.45, 7) is 0. The van der Waals surface area contributed by atoms with Crippen LogP contribution >= 0.6 is 11.6 Å². The number of carbonyl (C=O) groups excluding carboxylic acids is 1. The van der Waals surface area contributed by atoms with Crippen LogP contribution in [-0.4, -0.2) is 10.8 Å². The Balaban J connectivity index is 2.26. The van der Waals surface area contributed by atoms with Crippen molar-refractivity contribution < 1.29 is 9.18 Å². The third kappa shape index (κ3) is 2.81. The molecular formula is C14H9ClFNO. The predicted molar refractivity (Wildman–Crippen MR) is 69.0 cm³/mol. The minimum atomic E-state index is -0.627. The molecule has 0 aliphatic rings. The smallest absolute Gasteiger partial charge is 0.190 e. The van der Waals surface area contributed by atoms with Crippen LogP contribution in [0.25, 0.3) is 6.08 Å². The molecule has 0 N–H and O–H groups in total.